The van der Waals surface area contributed by atoms with Crippen molar-refractivity contribution in [3.8, 4) is 0 Å². The van der Waals surface area contributed by atoms with Crippen LogP contribution >= 0.6 is 23.1 Å². The Labute approximate surface area is 203 Å². The first kappa shape index (κ1) is 22.7. The zero-order valence-electron chi connectivity index (χ0n) is 18.3. The number of anilines is 1. The lowest BCUT2D eigenvalue weighted by Crippen LogP contribution is -2.12. The van der Waals surface area contributed by atoms with Crippen LogP contribution in [-0.4, -0.2) is 39.7 Å². The fourth-order valence-electron chi connectivity index (χ4n) is 3.78. The molecular weight excluding hydrogens is 492 g/mol. The van der Waals surface area contributed by atoms with E-state index >= 15 is 0 Å². The van der Waals surface area contributed by atoms with Crippen LogP contribution in [0.1, 0.15) is 17.5 Å². The molecule has 0 aliphatic rings. The number of para-hydroxylation sites is 1. The molecule has 0 saturated heterocycles. The van der Waals surface area contributed by atoms with Gasteiger partial charge in [0.2, 0.25) is 15.9 Å². The Morgan fingerprint density at radius 1 is 1.15 bits per heavy atom. The fourth-order valence-corrected chi connectivity index (χ4v) is 6.19. The molecular formula is C22H20N6O3S3. The number of nitrogens with two attached hydrogens (primary N) is 1. The molecule has 5 aromatic rings. The maximum absolute atomic E-state index is 12.5. The fraction of sp³-hybridized carbons (Fsp3) is 0.182. The molecule has 0 saturated carbocycles. The first-order valence-electron chi connectivity index (χ1n) is 10.3. The number of nitrogens with one attached hydrogen (secondary N) is 1. The van der Waals surface area contributed by atoms with E-state index in [4.69, 9.17) is 5.14 Å². The highest BCUT2D eigenvalue weighted by Crippen LogP contribution is 2.30. The number of nitrogens with zero attached hydrogens (tertiary/aromatic N) is 4. The van der Waals surface area contributed by atoms with Gasteiger partial charge < -0.3 is 5.32 Å². The Kier molecular flexibility index (Phi) is 5.76. The average Bonchev–Trinajstić information content (AvgIpc) is 3.36. The van der Waals surface area contributed by atoms with E-state index in [1.165, 1.54) is 35.2 Å². The van der Waals surface area contributed by atoms with Gasteiger partial charge >= 0.3 is 0 Å². The van der Waals surface area contributed by atoms with Gasteiger partial charge in [-0.25, -0.2) is 18.5 Å². The number of primary sulfonamides is 1. The van der Waals surface area contributed by atoms with Gasteiger partial charge in [0.25, 0.3) is 0 Å². The number of rotatable bonds is 6. The number of pyridine rings is 1. The highest BCUT2D eigenvalue weighted by atomic mass is 32.2. The lowest BCUT2D eigenvalue weighted by molar-refractivity contribution is -0.115. The average molecular weight is 513 g/mol. The molecule has 0 fully saturated rings. The van der Waals surface area contributed by atoms with Crippen molar-refractivity contribution in [2.75, 3.05) is 11.1 Å². The molecule has 2 aromatic carbocycles. The summed E-state index contributed by atoms with van der Waals surface area (Å²) in [6.45, 7) is 4.12. The van der Waals surface area contributed by atoms with Gasteiger partial charge in [0.05, 0.1) is 20.6 Å². The van der Waals surface area contributed by atoms with Gasteiger partial charge in [0.1, 0.15) is 0 Å². The largest absolute Gasteiger partial charge is 0.302 e. The molecule has 34 heavy (non-hydrogen) atoms. The van der Waals surface area contributed by atoms with Crippen LogP contribution in [0.5, 0.6) is 0 Å². The van der Waals surface area contributed by atoms with E-state index < -0.39 is 10.0 Å². The molecule has 0 bridgehead atoms. The minimum atomic E-state index is -3.80. The quantitative estimate of drug-likeness (QED) is 0.330. The number of sulfonamides is 1. The summed E-state index contributed by atoms with van der Waals surface area (Å²) in [4.78, 5) is 16.9. The molecule has 0 aliphatic carbocycles. The van der Waals surface area contributed by atoms with E-state index in [1.807, 2.05) is 16.5 Å². The Bertz CT molecular complexity index is 1690. The molecule has 3 heterocycles. The second-order valence-electron chi connectivity index (χ2n) is 7.81. The third-order valence-corrected chi connectivity index (χ3v) is 8.16. The topological polar surface area (TPSA) is 132 Å². The Hall–Kier alpha value is -3.06. The molecule has 3 aromatic heterocycles. The molecule has 1 amide bonds. The summed E-state index contributed by atoms with van der Waals surface area (Å²) in [7, 11) is -3.80. The minimum Gasteiger partial charge on any atom is -0.302 e. The highest BCUT2D eigenvalue weighted by Gasteiger charge is 2.15. The summed E-state index contributed by atoms with van der Waals surface area (Å²) in [5.74, 6) is 0.317. The molecule has 0 radical (unpaired) electrons. The molecule has 174 valence electrons. The van der Waals surface area contributed by atoms with Crippen LogP contribution < -0.4 is 10.5 Å². The number of aryl methyl sites for hydroxylation is 2. The van der Waals surface area contributed by atoms with Crippen molar-refractivity contribution in [2.45, 2.75) is 30.3 Å². The predicted molar refractivity (Wildman–Crippen MR) is 135 cm³/mol. The maximum atomic E-state index is 12.5. The summed E-state index contributed by atoms with van der Waals surface area (Å²) in [6, 6.07) is 12.6. The number of fused-ring (bicyclic) bond motifs is 4. The van der Waals surface area contributed by atoms with E-state index in [0.29, 0.717) is 21.1 Å². The number of hydrogen-bond acceptors (Lipinski definition) is 8. The summed E-state index contributed by atoms with van der Waals surface area (Å²) < 4.78 is 25.8. The Morgan fingerprint density at radius 3 is 2.76 bits per heavy atom. The van der Waals surface area contributed by atoms with E-state index in [-0.39, 0.29) is 17.2 Å². The molecule has 5 rings (SSSR count). The maximum Gasteiger partial charge on any atom is 0.238 e. The molecule has 12 heteroatoms. The third kappa shape index (κ3) is 4.25. The van der Waals surface area contributed by atoms with Crippen molar-refractivity contribution in [3.05, 3.63) is 53.6 Å². The molecule has 0 spiro atoms. The summed E-state index contributed by atoms with van der Waals surface area (Å²) in [5.41, 5.74) is 4.71. The molecule has 9 nitrogen and oxygen atoms in total. The van der Waals surface area contributed by atoms with Crippen LogP contribution in [0.2, 0.25) is 0 Å². The number of carbonyl (C=O) groups excluding carboxylic acids is 1. The SMILES string of the molecule is Cc1cc2nnc(SCCC(=O)Nc3nc4ccc(S(N)(=O)=O)cc4s3)n2c2c(C)cccc12. The van der Waals surface area contributed by atoms with E-state index in [1.54, 1.807) is 6.07 Å². The van der Waals surface area contributed by atoms with Crippen molar-refractivity contribution >= 4 is 70.9 Å². The van der Waals surface area contributed by atoms with Crippen LogP contribution in [0.15, 0.2) is 52.5 Å². The number of aromatic nitrogens is 4. The first-order chi connectivity index (χ1) is 16.2. The van der Waals surface area contributed by atoms with Crippen LogP contribution in [-0.2, 0) is 14.8 Å². The van der Waals surface area contributed by atoms with E-state index in [0.717, 1.165) is 32.8 Å². The van der Waals surface area contributed by atoms with E-state index in [9.17, 15) is 13.2 Å². The number of thiazole rings is 1. The summed E-state index contributed by atoms with van der Waals surface area (Å²) >= 11 is 2.66. The van der Waals surface area contributed by atoms with Gasteiger partial charge in [-0.05, 0) is 49.2 Å². The Morgan fingerprint density at radius 2 is 1.97 bits per heavy atom. The monoisotopic (exact) mass is 512 g/mol. The molecule has 0 aliphatic heterocycles. The van der Waals surface area contributed by atoms with Crippen molar-refractivity contribution in [3.63, 3.8) is 0 Å². The van der Waals surface area contributed by atoms with Gasteiger partial charge in [-0.2, -0.15) is 0 Å². The van der Waals surface area contributed by atoms with Crippen LogP contribution in [0.4, 0.5) is 5.13 Å². The zero-order valence-corrected chi connectivity index (χ0v) is 20.7. The second-order valence-corrected chi connectivity index (χ2v) is 11.5. The van der Waals surface area contributed by atoms with Crippen LogP contribution in [0, 0.1) is 13.8 Å². The van der Waals surface area contributed by atoms with Gasteiger partial charge in [-0.3, -0.25) is 9.20 Å². The van der Waals surface area contributed by atoms with Crippen molar-refractivity contribution < 1.29 is 13.2 Å². The number of carbonyl (C=O) groups is 1. The molecule has 3 N–H and O–H groups in total. The van der Waals surface area contributed by atoms with Crippen LogP contribution in [0.3, 0.4) is 0 Å². The van der Waals surface area contributed by atoms with Gasteiger partial charge in [0, 0.05) is 17.6 Å². The van der Waals surface area contributed by atoms with Crippen molar-refractivity contribution in [1.82, 2.24) is 19.6 Å². The second kappa shape index (κ2) is 8.62. The lowest BCUT2D eigenvalue weighted by atomic mass is 10.1. The first-order valence-corrected chi connectivity index (χ1v) is 13.7. The summed E-state index contributed by atoms with van der Waals surface area (Å²) in [6.07, 6.45) is 0.251. The summed E-state index contributed by atoms with van der Waals surface area (Å²) in [5, 5.41) is 18.9. The standard InChI is InChI=1S/C22H20N6O3S3/c1-12-4-3-5-15-13(2)10-18-26-27-22(28(18)20(12)15)32-9-8-19(29)25-21-24-16-7-6-14(34(23,30)31)11-17(16)33-21/h3-7,10-11H,8-9H2,1-2H3,(H2,23,30,31)(H,24,25,29). The lowest BCUT2D eigenvalue weighted by Gasteiger charge is -2.09. The number of thioether (sulfide) groups is 1. The Balaban J connectivity index is 1.30. The number of amides is 1. The molecule has 0 unspecified atom stereocenters. The van der Waals surface area contributed by atoms with Crippen molar-refractivity contribution in [2.24, 2.45) is 5.14 Å². The zero-order chi connectivity index (χ0) is 24.0. The number of benzene rings is 2. The normalized spacial score (nSPS) is 12.1. The predicted octanol–water partition coefficient (Wildman–Crippen LogP) is 3.88. The molecule has 0 atom stereocenters. The van der Waals surface area contributed by atoms with Gasteiger partial charge in [-0.1, -0.05) is 41.3 Å². The highest BCUT2D eigenvalue weighted by molar-refractivity contribution is 7.99. The minimum absolute atomic E-state index is 0.0106. The third-order valence-electron chi connectivity index (χ3n) is 5.39. The smallest absolute Gasteiger partial charge is 0.238 e. The van der Waals surface area contributed by atoms with Gasteiger partial charge in [-0.15, -0.1) is 10.2 Å². The van der Waals surface area contributed by atoms with Gasteiger partial charge in [0.15, 0.2) is 15.9 Å². The number of hydrogen-bond donors (Lipinski definition) is 2. The van der Waals surface area contributed by atoms with Crippen LogP contribution in [0.25, 0.3) is 26.8 Å². The van der Waals surface area contributed by atoms with Crippen molar-refractivity contribution in [1.29, 1.82) is 0 Å². The van der Waals surface area contributed by atoms with E-state index in [2.05, 4.69) is 46.5 Å².